The van der Waals surface area contributed by atoms with Crippen LogP contribution in [0, 0.1) is 13.8 Å². The highest BCUT2D eigenvalue weighted by atomic mass is 32.2. The summed E-state index contributed by atoms with van der Waals surface area (Å²) in [4.78, 5) is 16.8. The molecule has 4 heterocycles. The molecule has 0 spiro atoms. The second-order valence-electron chi connectivity index (χ2n) is 8.28. The van der Waals surface area contributed by atoms with E-state index in [-0.39, 0.29) is 29.5 Å². The molecule has 0 unspecified atom stereocenters. The van der Waals surface area contributed by atoms with Crippen molar-refractivity contribution < 1.29 is 17.7 Å². The van der Waals surface area contributed by atoms with Crippen LogP contribution in [-0.2, 0) is 14.6 Å². The molecule has 0 aliphatic carbocycles. The van der Waals surface area contributed by atoms with Gasteiger partial charge in [-0.1, -0.05) is 11.2 Å². The first-order valence-corrected chi connectivity index (χ1v) is 12.1. The van der Waals surface area contributed by atoms with Crippen molar-refractivity contribution in [3.05, 3.63) is 35.5 Å². The third kappa shape index (κ3) is 3.21. The molecule has 0 radical (unpaired) electrons. The van der Waals surface area contributed by atoms with Gasteiger partial charge in [0.15, 0.2) is 0 Å². The summed E-state index contributed by atoms with van der Waals surface area (Å²) in [5.74, 6) is 1.97. The van der Waals surface area contributed by atoms with Crippen LogP contribution in [0.1, 0.15) is 55.0 Å². The van der Waals surface area contributed by atoms with E-state index in [9.17, 15) is 13.2 Å². The Balaban J connectivity index is 1.63. The van der Waals surface area contributed by atoms with Crippen molar-refractivity contribution in [2.24, 2.45) is 0 Å². The van der Waals surface area contributed by atoms with Gasteiger partial charge in [-0.25, -0.2) is 13.4 Å². The first-order chi connectivity index (χ1) is 14.3. The minimum atomic E-state index is -2.97. The first-order valence-electron chi connectivity index (χ1n) is 10.3. The van der Waals surface area contributed by atoms with Crippen LogP contribution in [0.5, 0.6) is 0 Å². The molecule has 158 valence electrons. The van der Waals surface area contributed by atoms with Crippen LogP contribution >= 0.6 is 0 Å². The highest BCUT2D eigenvalue weighted by molar-refractivity contribution is 7.91. The smallest absolute Gasteiger partial charge is 0.220 e. The molecule has 8 nitrogen and oxygen atoms in total. The van der Waals surface area contributed by atoms with Gasteiger partial charge in [0.25, 0.3) is 0 Å². The number of carbonyl (C=O) groups is 1. The van der Waals surface area contributed by atoms with E-state index in [1.165, 1.54) is 0 Å². The van der Waals surface area contributed by atoms with Gasteiger partial charge in [0.1, 0.15) is 21.4 Å². The maximum absolute atomic E-state index is 12.0. The number of benzene rings is 1. The molecule has 2 aliphatic heterocycles. The number of fused-ring (bicyclic) bond motifs is 1. The number of imidazole rings is 1. The number of rotatable bonds is 3. The summed E-state index contributed by atoms with van der Waals surface area (Å²) in [6.07, 6.45) is 2.31. The van der Waals surface area contributed by atoms with Crippen LogP contribution in [0.4, 0.5) is 0 Å². The minimum Gasteiger partial charge on any atom is -0.361 e. The van der Waals surface area contributed by atoms with Crippen LogP contribution in [0.25, 0.3) is 22.2 Å². The van der Waals surface area contributed by atoms with E-state index in [0.29, 0.717) is 25.7 Å². The van der Waals surface area contributed by atoms with E-state index in [1.54, 1.807) is 0 Å². The van der Waals surface area contributed by atoms with Crippen molar-refractivity contribution in [1.82, 2.24) is 20.0 Å². The van der Waals surface area contributed by atoms with Gasteiger partial charge in [0.05, 0.1) is 34.3 Å². The number of hydrogen-bond donors (Lipinski definition) is 1. The molecule has 1 aromatic carbocycles. The van der Waals surface area contributed by atoms with E-state index in [0.717, 1.165) is 39.4 Å². The van der Waals surface area contributed by atoms with Crippen molar-refractivity contribution in [1.29, 1.82) is 0 Å². The zero-order chi connectivity index (χ0) is 21.0. The predicted octanol–water partition coefficient (Wildman–Crippen LogP) is 3.01. The van der Waals surface area contributed by atoms with Gasteiger partial charge in [-0.05, 0) is 50.8 Å². The molecule has 0 bridgehead atoms. The Bertz CT molecular complexity index is 1220. The number of aromatic nitrogens is 3. The lowest BCUT2D eigenvalue weighted by atomic mass is 10.0. The fraction of sp³-hybridized carbons (Fsp3) is 0.476. The maximum atomic E-state index is 12.0. The van der Waals surface area contributed by atoms with Crippen LogP contribution in [-0.4, -0.2) is 40.5 Å². The van der Waals surface area contributed by atoms with Gasteiger partial charge in [-0.3, -0.25) is 4.79 Å². The molecular weight excluding hydrogens is 404 g/mol. The third-order valence-corrected chi connectivity index (χ3v) is 7.95. The fourth-order valence-electron chi connectivity index (χ4n) is 4.74. The molecule has 30 heavy (non-hydrogen) atoms. The van der Waals surface area contributed by atoms with Crippen LogP contribution in [0.2, 0.25) is 0 Å². The molecule has 1 N–H and O–H groups in total. The monoisotopic (exact) mass is 428 g/mol. The normalized spacial score (nSPS) is 21.9. The van der Waals surface area contributed by atoms with Gasteiger partial charge in [-0.15, -0.1) is 0 Å². The summed E-state index contributed by atoms with van der Waals surface area (Å²) < 4.78 is 31.4. The lowest BCUT2D eigenvalue weighted by Crippen LogP contribution is -2.28. The lowest BCUT2D eigenvalue weighted by molar-refractivity contribution is -0.119. The quantitative estimate of drug-likeness (QED) is 0.687. The summed E-state index contributed by atoms with van der Waals surface area (Å²) in [5, 5.41) is 7.07. The van der Waals surface area contributed by atoms with Crippen molar-refractivity contribution >= 4 is 26.8 Å². The number of sulfone groups is 1. The van der Waals surface area contributed by atoms with Crippen molar-refractivity contribution in [3.8, 4) is 11.1 Å². The van der Waals surface area contributed by atoms with E-state index in [4.69, 9.17) is 9.51 Å². The average Bonchev–Trinajstić information content (AvgIpc) is 3.38. The van der Waals surface area contributed by atoms with Gasteiger partial charge in [-0.2, -0.15) is 0 Å². The topological polar surface area (TPSA) is 107 Å². The number of amides is 1. The van der Waals surface area contributed by atoms with Crippen molar-refractivity contribution in [3.63, 3.8) is 0 Å². The first kappa shape index (κ1) is 19.3. The summed E-state index contributed by atoms with van der Waals surface area (Å²) in [5.41, 5.74) is 4.57. The molecule has 2 fully saturated rings. The molecule has 3 aromatic rings. The summed E-state index contributed by atoms with van der Waals surface area (Å²) in [6, 6.07) is 6.00. The number of aryl methyl sites for hydroxylation is 2. The van der Waals surface area contributed by atoms with Gasteiger partial charge in [0, 0.05) is 18.0 Å². The Morgan fingerprint density at radius 3 is 2.57 bits per heavy atom. The standard InChI is InChI=1S/C21H24N4O4S/c1-12-20(13(2)29-24-12)14-3-5-18-17(11-14)23-21(16-4-6-19(26)22-16)25(18)15-7-9-30(27,28)10-8-15/h3,5,11,15-16H,4,6-10H2,1-2H3,(H,22,26)/t16-/m0/s1. The summed E-state index contributed by atoms with van der Waals surface area (Å²) in [6.45, 7) is 3.80. The number of carbonyl (C=O) groups excluding carboxylic acids is 1. The average molecular weight is 429 g/mol. The number of nitrogens with zero attached hydrogens (tertiary/aromatic N) is 3. The van der Waals surface area contributed by atoms with Crippen LogP contribution in [0.3, 0.4) is 0 Å². The van der Waals surface area contributed by atoms with Crippen LogP contribution in [0.15, 0.2) is 22.7 Å². The largest absolute Gasteiger partial charge is 0.361 e. The molecule has 2 aromatic heterocycles. The zero-order valence-electron chi connectivity index (χ0n) is 17.0. The Morgan fingerprint density at radius 1 is 1.17 bits per heavy atom. The van der Waals surface area contributed by atoms with E-state index in [1.807, 2.05) is 32.0 Å². The molecule has 1 atom stereocenters. The SMILES string of the molecule is Cc1noc(C)c1-c1ccc2c(c1)nc([C@@H]1CCC(=O)N1)n2C1CCS(=O)(=O)CC1. The van der Waals surface area contributed by atoms with E-state index >= 15 is 0 Å². The Hall–Kier alpha value is -2.68. The lowest BCUT2D eigenvalue weighted by Gasteiger charge is -2.27. The Kier molecular flexibility index (Phi) is 4.46. The molecule has 9 heteroatoms. The summed E-state index contributed by atoms with van der Waals surface area (Å²) in [7, 11) is -2.97. The number of hydrogen-bond acceptors (Lipinski definition) is 6. The number of nitrogens with one attached hydrogen (secondary N) is 1. The Labute approximate surface area is 174 Å². The molecular formula is C21H24N4O4S. The summed E-state index contributed by atoms with van der Waals surface area (Å²) >= 11 is 0. The fourth-order valence-corrected chi connectivity index (χ4v) is 6.21. The molecule has 0 saturated carbocycles. The predicted molar refractivity (Wildman–Crippen MR) is 112 cm³/mol. The van der Waals surface area contributed by atoms with E-state index in [2.05, 4.69) is 15.0 Å². The zero-order valence-corrected chi connectivity index (χ0v) is 17.8. The van der Waals surface area contributed by atoms with E-state index < -0.39 is 9.84 Å². The molecule has 2 aliphatic rings. The molecule has 1 amide bonds. The highest BCUT2D eigenvalue weighted by Crippen LogP contribution is 2.36. The second kappa shape index (κ2) is 6.94. The second-order valence-corrected chi connectivity index (χ2v) is 10.6. The van der Waals surface area contributed by atoms with Gasteiger partial charge >= 0.3 is 0 Å². The maximum Gasteiger partial charge on any atom is 0.220 e. The van der Waals surface area contributed by atoms with Gasteiger partial charge in [0.2, 0.25) is 5.91 Å². The van der Waals surface area contributed by atoms with Crippen molar-refractivity contribution in [2.45, 2.75) is 51.6 Å². The molecule has 2 saturated heterocycles. The van der Waals surface area contributed by atoms with Crippen LogP contribution < -0.4 is 5.32 Å². The minimum absolute atomic E-state index is 0.0289. The van der Waals surface area contributed by atoms with Gasteiger partial charge < -0.3 is 14.4 Å². The third-order valence-electron chi connectivity index (χ3n) is 6.24. The van der Waals surface area contributed by atoms with Crippen molar-refractivity contribution in [2.75, 3.05) is 11.5 Å². The Morgan fingerprint density at radius 2 is 1.93 bits per heavy atom. The molecule has 5 rings (SSSR count). The highest BCUT2D eigenvalue weighted by Gasteiger charge is 2.32.